The summed E-state index contributed by atoms with van der Waals surface area (Å²) in [4.78, 5) is 34.6. The zero-order chi connectivity index (χ0) is 19.5. The number of primary amides is 1. The molecule has 2 amide bonds. The molecule has 28 heavy (non-hydrogen) atoms. The predicted molar refractivity (Wildman–Crippen MR) is 109 cm³/mol. The van der Waals surface area contributed by atoms with Gasteiger partial charge >= 0.3 is 0 Å². The molecule has 1 saturated heterocycles. The molecule has 1 fully saturated rings. The van der Waals surface area contributed by atoms with Crippen molar-refractivity contribution in [3.8, 4) is 11.3 Å². The van der Waals surface area contributed by atoms with Crippen molar-refractivity contribution in [2.75, 3.05) is 36.5 Å². The molecule has 8 heteroatoms. The summed E-state index contributed by atoms with van der Waals surface area (Å²) >= 11 is 0. The summed E-state index contributed by atoms with van der Waals surface area (Å²) in [6.45, 7) is 2.62. The van der Waals surface area contributed by atoms with Gasteiger partial charge in [-0.2, -0.15) is 0 Å². The fourth-order valence-electron chi connectivity index (χ4n) is 3.64. The van der Waals surface area contributed by atoms with Gasteiger partial charge in [-0.05, 0) is 37.3 Å². The molecule has 8 nitrogen and oxygen atoms in total. The summed E-state index contributed by atoms with van der Waals surface area (Å²) in [5, 5.41) is 2.79. The summed E-state index contributed by atoms with van der Waals surface area (Å²) in [5.74, 6) is 1.16. The lowest BCUT2D eigenvalue weighted by Gasteiger charge is -2.31. The van der Waals surface area contributed by atoms with Gasteiger partial charge in [0.2, 0.25) is 11.8 Å². The molecule has 3 heterocycles. The largest absolute Gasteiger partial charge is 0.381 e. The molecule has 2 aromatic rings. The fraction of sp³-hybridized carbons (Fsp3) is 0.400. The summed E-state index contributed by atoms with van der Waals surface area (Å²) in [7, 11) is 0. The number of benzene rings is 1. The molecule has 0 saturated carbocycles. The SMILES string of the molecule is NC(=O)c1cccc(-c2cnc3c(n2)N(CCC2CCOCC2)CC(=O)N3)c1.[HH].[HH]. The van der Waals surface area contributed by atoms with Gasteiger partial charge in [0.1, 0.15) is 0 Å². The number of hydrogen-bond acceptors (Lipinski definition) is 6. The number of fused-ring (bicyclic) bond motifs is 1. The van der Waals surface area contributed by atoms with Gasteiger partial charge < -0.3 is 20.7 Å². The minimum absolute atomic E-state index is 0. The zero-order valence-corrected chi connectivity index (χ0v) is 15.6. The number of aromatic nitrogens is 2. The molecule has 0 radical (unpaired) electrons. The number of amides is 2. The maximum Gasteiger partial charge on any atom is 0.248 e. The molecule has 0 atom stereocenters. The van der Waals surface area contributed by atoms with Crippen LogP contribution in [0.2, 0.25) is 0 Å². The maximum absolute atomic E-state index is 12.1. The maximum atomic E-state index is 12.1. The van der Waals surface area contributed by atoms with Crippen molar-refractivity contribution in [2.45, 2.75) is 19.3 Å². The van der Waals surface area contributed by atoms with Crippen molar-refractivity contribution < 1.29 is 17.2 Å². The van der Waals surface area contributed by atoms with Gasteiger partial charge in [0.05, 0.1) is 18.4 Å². The van der Waals surface area contributed by atoms with Crippen molar-refractivity contribution in [1.29, 1.82) is 0 Å². The summed E-state index contributed by atoms with van der Waals surface area (Å²) in [6, 6.07) is 6.99. The van der Waals surface area contributed by atoms with Crippen molar-refractivity contribution in [3.05, 3.63) is 36.0 Å². The van der Waals surface area contributed by atoms with Crippen LogP contribution >= 0.6 is 0 Å². The van der Waals surface area contributed by atoms with Crippen LogP contribution in [0, 0.1) is 5.92 Å². The Hall–Kier alpha value is -3.00. The smallest absolute Gasteiger partial charge is 0.248 e. The van der Waals surface area contributed by atoms with Crippen LogP contribution in [0.5, 0.6) is 0 Å². The van der Waals surface area contributed by atoms with Crippen molar-refractivity contribution >= 4 is 23.5 Å². The monoisotopic (exact) mass is 385 g/mol. The highest BCUT2D eigenvalue weighted by molar-refractivity contribution is 5.99. The predicted octanol–water partition coefficient (Wildman–Crippen LogP) is 2.31. The number of nitrogens with zero attached hydrogens (tertiary/aromatic N) is 3. The average Bonchev–Trinajstić information content (AvgIpc) is 2.72. The van der Waals surface area contributed by atoms with E-state index < -0.39 is 5.91 Å². The summed E-state index contributed by atoms with van der Waals surface area (Å²) in [5.41, 5.74) is 7.19. The third-order valence-corrected chi connectivity index (χ3v) is 5.24. The first-order valence-corrected chi connectivity index (χ1v) is 9.50. The first kappa shape index (κ1) is 18.4. The van der Waals surface area contributed by atoms with E-state index in [0.29, 0.717) is 28.8 Å². The Labute approximate surface area is 166 Å². The van der Waals surface area contributed by atoms with Gasteiger partial charge in [-0.15, -0.1) is 0 Å². The summed E-state index contributed by atoms with van der Waals surface area (Å²) in [6.07, 6.45) is 4.69. The molecule has 2 aliphatic heterocycles. The molecule has 0 spiro atoms. The highest BCUT2D eigenvalue weighted by atomic mass is 16.5. The molecule has 0 unspecified atom stereocenters. The fourth-order valence-corrected chi connectivity index (χ4v) is 3.64. The Bertz CT molecular complexity index is 906. The van der Waals surface area contributed by atoms with Gasteiger partial charge in [0.15, 0.2) is 11.6 Å². The van der Waals surface area contributed by atoms with E-state index in [-0.39, 0.29) is 15.3 Å². The summed E-state index contributed by atoms with van der Waals surface area (Å²) < 4.78 is 5.42. The van der Waals surface area contributed by atoms with Crippen molar-refractivity contribution in [1.82, 2.24) is 9.97 Å². The van der Waals surface area contributed by atoms with E-state index in [0.717, 1.165) is 44.6 Å². The first-order valence-electron chi connectivity index (χ1n) is 9.50. The van der Waals surface area contributed by atoms with E-state index in [9.17, 15) is 9.59 Å². The number of anilines is 2. The molecular formula is C20H27N5O3. The van der Waals surface area contributed by atoms with Gasteiger partial charge in [0, 0.05) is 33.7 Å². The third-order valence-electron chi connectivity index (χ3n) is 5.24. The van der Waals surface area contributed by atoms with Crippen LogP contribution in [-0.4, -0.2) is 48.1 Å². The number of rotatable bonds is 5. The Morgan fingerprint density at radius 3 is 2.96 bits per heavy atom. The number of nitrogens with one attached hydrogen (secondary N) is 1. The second-order valence-corrected chi connectivity index (χ2v) is 7.19. The Morgan fingerprint density at radius 2 is 2.18 bits per heavy atom. The molecule has 0 aliphatic carbocycles. The minimum atomic E-state index is -0.488. The average molecular weight is 385 g/mol. The van der Waals surface area contributed by atoms with E-state index in [1.807, 2.05) is 11.0 Å². The highest BCUT2D eigenvalue weighted by Crippen LogP contribution is 2.30. The van der Waals surface area contributed by atoms with Gasteiger partial charge in [-0.25, -0.2) is 9.97 Å². The van der Waals surface area contributed by atoms with Crippen molar-refractivity contribution in [2.24, 2.45) is 11.7 Å². The molecule has 150 valence electrons. The van der Waals surface area contributed by atoms with E-state index in [1.165, 1.54) is 0 Å². The first-order chi connectivity index (χ1) is 13.6. The number of carbonyl (C=O) groups excluding carboxylic acids is 2. The zero-order valence-electron chi connectivity index (χ0n) is 15.6. The quantitative estimate of drug-likeness (QED) is 0.817. The van der Waals surface area contributed by atoms with Crippen LogP contribution in [0.25, 0.3) is 11.3 Å². The lowest BCUT2D eigenvalue weighted by atomic mass is 9.96. The lowest BCUT2D eigenvalue weighted by Crippen LogP contribution is -2.40. The normalized spacial score (nSPS) is 17.1. The van der Waals surface area contributed by atoms with Gasteiger partial charge in [-0.1, -0.05) is 12.1 Å². The van der Waals surface area contributed by atoms with Crippen LogP contribution in [0.3, 0.4) is 0 Å². The van der Waals surface area contributed by atoms with Gasteiger partial charge in [-0.3, -0.25) is 9.59 Å². The topological polar surface area (TPSA) is 110 Å². The molecule has 4 rings (SSSR count). The number of carbonyl (C=O) groups is 2. The molecule has 1 aromatic carbocycles. The Balaban J connectivity index is 0.00000160. The molecular weight excluding hydrogens is 358 g/mol. The van der Waals surface area contributed by atoms with E-state index in [4.69, 9.17) is 15.5 Å². The Kier molecular flexibility index (Phi) is 5.21. The number of nitrogens with two attached hydrogens (primary N) is 1. The van der Waals surface area contributed by atoms with Crippen LogP contribution in [-0.2, 0) is 9.53 Å². The van der Waals surface area contributed by atoms with Crippen LogP contribution in [0.1, 0.15) is 32.5 Å². The molecule has 2 aliphatic rings. The van der Waals surface area contributed by atoms with Crippen molar-refractivity contribution in [3.63, 3.8) is 0 Å². The Morgan fingerprint density at radius 1 is 1.36 bits per heavy atom. The van der Waals surface area contributed by atoms with Crippen LogP contribution in [0.4, 0.5) is 11.6 Å². The molecule has 0 bridgehead atoms. The van der Waals surface area contributed by atoms with Crippen LogP contribution < -0.4 is 16.0 Å². The standard InChI is InChI=1S/C20H23N5O3.2H2/c21-18(27)15-3-1-2-14(10-15)16-11-22-19-20(23-16)25(12-17(26)24-19)7-4-13-5-8-28-9-6-13;;/h1-3,10-11,13H,4-9,12H2,(H2,21,27)(H,22,24,26);2*1H. The van der Waals surface area contributed by atoms with E-state index in [2.05, 4.69) is 10.3 Å². The number of hydrogen-bond donors (Lipinski definition) is 2. The van der Waals surface area contributed by atoms with E-state index >= 15 is 0 Å². The second-order valence-electron chi connectivity index (χ2n) is 7.19. The molecule has 1 aromatic heterocycles. The van der Waals surface area contributed by atoms with E-state index in [1.54, 1.807) is 24.4 Å². The lowest BCUT2D eigenvalue weighted by molar-refractivity contribution is -0.115. The molecule has 3 N–H and O–H groups in total. The number of ether oxygens (including phenoxy) is 1. The highest BCUT2D eigenvalue weighted by Gasteiger charge is 2.26. The minimum Gasteiger partial charge on any atom is -0.381 e. The van der Waals surface area contributed by atoms with Crippen LogP contribution in [0.15, 0.2) is 30.5 Å². The third kappa shape index (κ3) is 3.96. The second kappa shape index (κ2) is 7.93. The van der Waals surface area contributed by atoms with Gasteiger partial charge in [0.25, 0.3) is 0 Å².